The second kappa shape index (κ2) is 5.80. The van der Waals surface area contributed by atoms with E-state index in [2.05, 4.69) is 57.2 Å². The van der Waals surface area contributed by atoms with E-state index in [4.69, 9.17) is 9.47 Å². The summed E-state index contributed by atoms with van der Waals surface area (Å²) < 4.78 is 11.9. The molecule has 2 aromatic rings. The quantitative estimate of drug-likeness (QED) is 0.776. The highest BCUT2D eigenvalue weighted by Crippen LogP contribution is 2.39. The maximum Gasteiger partial charge on any atom is 0.242 e. The smallest absolute Gasteiger partial charge is 0.242 e. The Morgan fingerprint density at radius 2 is 1.57 bits per heavy atom. The molecule has 110 valence electrons. The zero-order valence-electron chi connectivity index (χ0n) is 12.9. The van der Waals surface area contributed by atoms with Crippen molar-refractivity contribution in [2.24, 2.45) is 0 Å². The molecule has 1 aliphatic rings. The SMILES string of the molecule is CC(C)c1ccc2c(c1)OC(CC(C)c1ccccc1)O2. The Morgan fingerprint density at radius 1 is 0.857 bits per heavy atom. The Morgan fingerprint density at radius 3 is 2.29 bits per heavy atom. The van der Waals surface area contributed by atoms with Crippen molar-refractivity contribution in [3.05, 3.63) is 59.7 Å². The third-order valence-electron chi connectivity index (χ3n) is 4.07. The lowest BCUT2D eigenvalue weighted by Crippen LogP contribution is -2.20. The Balaban J connectivity index is 1.68. The minimum Gasteiger partial charge on any atom is -0.451 e. The lowest BCUT2D eigenvalue weighted by molar-refractivity contribution is 0.0367. The molecule has 0 saturated carbocycles. The van der Waals surface area contributed by atoms with Crippen LogP contribution in [-0.2, 0) is 0 Å². The first kappa shape index (κ1) is 14.0. The van der Waals surface area contributed by atoms with E-state index in [0.29, 0.717) is 11.8 Å². The van der Waals surface area contributed by atoms with Gasteiger partial charge in [0.2, 0.25) is 6.29 Å². The van der Waals surface area contributed by atoms with Crippen LogP contribution in [0, 0.1) is 0 Å². The van der Waals surface area contributed by atoms with Crippen LogP contribution in [0.5, 0.6) is 11.5 Å². The van der Waals surface area contributed by atoms with E-state index in [-0.39, 0.29) is 6.29 Å². The molecule has 0 N–H and O–H groups in total. The maximum atomic E-state index is 5.97. The molecule has 2 aromatic carbocycles. The van der Waals surface area contributed by atoms with Crippen LogP contribution in [0.15, 0.2) is 48.5 Å². The first-order chi connectivity index (χ1) is 10.1. The summed E-state index contributed by atoms with van der Waals surface area (Å²) in [4.78, 5) is 0. The molecule has 0 amide bonds. The minimum absolute atomic E-state index is 0.183. The first-order valence-electron chi connectivity index (χ1n) is 7.65. The third-order valence-corrected chi connectivity index (χ3v) is 4.07. The summed E-state index contributed by atoms with van der Waals surface area (Å²) in [6, 6.07) is 16.8. The second-order valence-electron chi connectivity index (χ2n) is 6.07. The Bertz CT molecular complexity index is 604. The maximum absolute atomic E-state index is 5.97. The van der Waals surface area contributed by atoms with E-state index >= 15 is 0 Å². The van der Waals surface area contributed by atoms with Crippen LogP contribution >= 0.6 is 0 Å². The summed E-state index contributed by atoms with van der Waals surface area (Å²) >= 11 is 0. The molecule has 3 rings (SSSR count). The molecule has 0 aromatic heterocycles. The normalized spacial score (nSPS) is 18.0. The molecule has 2 atom stereocenters. The average Bonchev–Trinajstić information content (AvgIpc) is 2.89. The molecule has 0 bridgehead atoms. The second-order valence-corrected chi connectivity index (χ2v) is 6.07. The van der Waals surface area contributed by atoms with Crippen LogP contribution in [0.25, 0.3) is 0 Å². The Kier molecular flexibility index (Phi) is 3.87. The van der Waals surface area contributed by atoms with Gasteiger partial charge in [0.05, 0.1) is 0 Å². The molecule has 0 aliphatic carbocycles. The highest BCUT2D eigenvalue weighted by molar-refractivity contribution is 5.45. The van der Waals surface area contributed by atoms with Crippen molar-refractivity contribution in [1.29, 1.82) is 0 Å². The summed E-state index contributed by atoms with van der Waals surface area (Å²) in [6.07, 6.45) is 0.674. The van der Waals surface area contributed by atoms with Gasteiger partial charge in [-0.3, -0.25) is 0 Å². The van der Waals surface area contributed by atoms with Crippen LogP contribution in [0.4, 0.5) is 0 Å². The van der Waals surface area contributed by atoms with Gasteiger partial charge in [-0.2, -0.15) is 0 Å². The lowest BCUT2D eigenvalue weighted by Gasteiger charge is -2.16. The van der Waals surface area contributed by atoms with Crippen LogP contribution in [-0.4, -0.2) is 6.29 Å². The van der Waals surface area contributed by atoms with E-state index in [1.807, 2.05) is 12.1 Å². The van der Waals surface area contributed by atoms with Crippen molar-refractivity contribution in [3.8, 4) is 11.5 Å². The van der Waals surface area contributed by atoms with Crippen LogP contribution < -0.4 is 9.47 Å². The number of hydrogen-bond donors (Lipinski definition) is 0. The molecule has 0 saturated heterocycles. The molecule has 1 heterocycles. The van der Waals surface area contributed by atoms with Gasteiger partial charge < -0.3 is 9.47 Å². The predicted octanol–water partition coefficient (Wildman–Crippen LogP) is 5.10. The van der Waals surface area contributed by atoms with E-state index in [0.717, 1.165) is 17.9 Å². The third kappa shape index (κ3) is 3.05. The largest absolute Gasteiger partial charge is 0.451 e. The summed E-state index contributed by atoms with van der Waals surface area (Å²) in [5.41, 5.74) is 2.61. The van der Waals surface area contributed by atoms with Gasteiger partial charge in [-0.05, 0) is 35.1 Å². The van der Waals surface area contributed by atoms with E-state index < -0.39 is 0 Å². The number of hydrogen-bond acceptors (Lipinski definition) is 2. The fourth-order valence-corrected chi connectivity index (χ4v) is 2.68. The Labute approximate surface area is 126 Å². The standard InChI is InChI=1S/C19H22O2/c1-13(2)16-9-10-17-18(12-16)21-19(20-17)11-14(3)15-7-5-4-6-8-15/h4-10,12-14,19H,11H2,1-3H3. The van der Waals surface area contributed by atoms with Gasteiger partial charge in [0, 0.05) is 6.42 Å². The van der Waals surface area contributed by atoms with Crippen molar-refractivity contribution >= 4 is 0 Å². The van der Waals surface area contributed by atoms with Crippen LogP contribution in [0.3, 0.4) is 0 Å². The highest BCUT2D eigenvalue weighted by atomic mass is 16.7. The summed E-state index contributed by atoms with van der Waals surface area (Å²) in [5, 5.41) is 0. The van der Waals surface area contributed by atoms with Crippen molar-refractivity contribution in [2.75, 3.05) is 0 Å². The van der Waals surface area contributed by atoms with Gasteiger partial charge in [-0.25, -0.2) is 0 Å². The molecule has 2 heteroatoms. The number of rotatable bonds is 4. The van der Waals surface area contributed by atoms with Gasteiger partial charge in [0.15, 0.2) is 11.5 Å². The van der Waals surface area contributed by atoms with Gasteiger partial charge in [0.25, 0.3) is 0 Å². The molecule has 2 unspecified atom stereocenters. The van der Waals surface area contributed by atoms with Gasteiger partial charge in [-0.1, -0.05) is 57.2 Å². The van der Waals surface area contributed by atoms with Crippen molar-refractivity contribution in [1.82, 2.24) is 0 Å². The predicted molar refractivity (Wildman–Crippen MR) is 85.0 cm³/mol. The summed E-state index contributed by atoms with van der Waals surface area (Å²) in [7, 11) is 0. The average molecular weight is 282 g/mol. The lowest BCUT2D eigenvalue weighted by atomic mass is 9.98. The molecule has 0 spiro atoms. The van der Waals surface area contributed by atoms with Crippen molar-refractivity contribution < 1.29 is 9.47 Å². The van der Waals surface area contributed by atoms with Crippen LogP contribution in [0.1, 0.15) is 50.2 Å². The molecule has 0 fully saturated rings. The molecule has 2 nitrogen and oxygen atoms in total. The van der Waals surface area contributed by atoms with E-state index in [1.54, 1.807) is 0 Å². The molecule has 1 aliphatic heterocycles. The van der Waals surface area contributed by atoms with E-state index in [1.165, 1.54) is 11.1 Å². The summed E-state index contributed by atoms with van der Waals surface area (Å²) in [6.45, 7) is 6.59. The van der Waals surface area contributed by atoms with Crippen molar-refractivity contribution in [2.45, 2.75) is 45.3 Å². The fraction of sp³-hybridized carbons (Fsp3) is 0.368. The first-order valence-corrected chi connectivity index (χ1v) is 7.65. The number of ether oxygens (including phenoxy) is 2. The number of fused-ring (bicyclic) bond motifs is 1. The molecular formula is C19H22O2. The molecular weight excluding hydrogens is 260 g/mol. The minimum atomic E-state index is -0.183. The summed E-state index contributed by atoms with van der Waals surface area (Å²) in [5.74, 6) is 2.66. The Hall–Kier alpha value is -1.96. The van der Waals surface area contributed by atoms with Crippen LogP contribution in [0.2, 0.25) is 0 Å². The zero-order valence-corrected chi connectivity index (χ0v) is 12.9. The fourth-order valence-electron chi connectivity index (χ4n) is 2.68. The zero-order chi connectivity index (χ0) is 14.8. The van der Waals surface area contributed by atoms with Gasteiger partial charge in [0.1, 0.15) is 0 Å². The monoisotopic (exact) mass is 282 g/mol. The van der Waals surface area contributed by atoms with Gasteiger partial charge in [-0.15, -0.1) is 0 Å². The molecule has 0 radical (unpaired) electrons. The molecule has 21 heavy (non-hydrogen) atoms. The van der Waals surface area contributed by atoms with Gasteiger partial charge >= 0.3 is 0 Å². The highest BCUT2D eigenvalue weighted by Gasteiger charge is 2.26. The van der Waals surface area contributed by atoms with E-state index in [9.17, 15) is 0 Å². The number of benzene rings is 2. The van der Waals surface area contributed by atoms with Crippen molar-refractivity contribution in [3.63, 3.8) is 0 Å². The topological polar surface area (TPSA) is 18.5 Å².